The van der Waals surface area contributed by atoms with E-state index < -0.39 is 0 Å². The largest absolute Gasteiger partial charge is 0.489 e. The molecular formula is C18H18O3. The van der Waals surface area contributed by atoms with Crippen LogP contribution < -0.4 is 4.74 Å². The number of ether oxygens (including phenoxy) is 2. The minimum Gasteiger partial charge on any atom is -0.489 e. The van der Waals surface area contributed by atoms with Crippen molar-refractivity contribution in [3.63, 3.8) is 0 Å². The first-order chi connectivity index (χ1) is 10.2. The lowest BCUT2D eigenvalue weighted by atomic mass is 10.1. The second-order valence-electron chi connectivity index (χ2n) is 4.69. The summed E-state index contributed by atoms with van der Waals surface area (Å²) in [6.45, 7) is 4.24. The lowest BCUT2D eigenvalue weighted by Crippen LogP contribution is -2.06. The summed E-state index contributed by atoms with van der Waals surface area (Å²) in [5.41, 5.74) is 2.51. The van der Waals surface area contributed by atoms with Gasteiger partial charge in [-0.05, 0) is 23.3 Å². The molecule has 0 aliphatic rings. The molecule has 0 N–H and O–H groups in total. The van der Waals surface area contributed by atoms with Gasteiger partial charge in [0, 0.05) is 12.0 Å². The van der Waals surface area contributed by atoms with Crippen molar-refractivity contribution >= 4 is 5.97 Å². The van der Waals surface area contributed by atoms with E-state index in [9.17, 15) is 4.79 Å². The SMILES string of the molecule is C=C(Cc1cccc(OCc2ccccc2)c1)C(=O)OC. The van der Waals surface area contributed by atoms with Gasteiger partial charge in [0.05, 0.1) is 7.11 Å². The van der Waals surface area contributed by atoms with Crippen LogP contribution >= 0.6 is 0 Å². The summed E-state index contributed by atoms with van der Waals surface area (Å²) in [5.74, 6) is 0.389. The first kappa shape index (κ1) is 14.9. The van der Waals surface area contributed by atoms with Crippen LogP contribution in [0, 0.1) is 0 Å². The number of benzene rings is 2. The molecule has 0 atom stereocenters. The van der Waals surface area contributed by atoms with E-state index in [0.717, 1.165) is 16.9 Å². The molecule has 3 nitrogen and oxygen atoms in total. The van der Waals surface area contributed by atoms with Gasteiger partial charge >= 0.3 is 5.97 Å². The van der Waals surface area contributed by atoms with Gasteiger partial charge in [0.2, 0.25) is 0 Å². The highest BCUT2D eigenvalue weighted by Gasteiger charge is 2.08. The van der Waals surface area contributed by atoms with Crippen LogP contribution in [0.4, 0.5) is 0 Å². The van der Waals surface area contributed by atoms with E-state index in [2.05, 4.69) is 11.3 Å². The summed E-state index contributed by atoms with van der Waals surface area (Å²) in [7, 11) is 1.35. The van der Waals surface area contributed by atoms with Crippen LogP contribution in [0.25, 0.3) is 0 Å². The van der Waals surface area contributed by atoms with Gasteiger partial charge in [0.25, 0.3) is 0 Å². The number of carbonyl (C=O) groups is 1. The van der Waals surface area contributed by atoms with E-state index in [-0.39, 0.29) is 5.97 Å². The van der Waals surface area contributed by atoms with Gasteiger partial charge < -0.3 is 9.47 Å². The van der Waals surface area contributed by atoms with Crippen LogP contribution in [0.15, 0.2) is 66.7 Å². The summed E-state index contributed by atoms with van der Waals surface area (Å²) in [4.78, 5) is 11.4. The Morgan fingerprint density at radius 2 is 1.76 bits per heavy atom. The highest BCUT2D eigenvalue weighted by Crippen LogP contribution is 2.17. The van der Waals surface area contributed by atoms with Crippen molar-refractivity contribution < 1.29 is 14.3 Å². The Balaban J connectivity index is 1.98. The van der Waals surface area contributed by atoms with Crippen molar-refractivity contribution in [1.82, 2.24) is 0 Å². The predicted molar refractivity (Wildman–Crippen MR) is 82.1 cm³/mol. The minimum absolute atomic E-state index is 0.384. The average Bonchev–Trinajstić information content (AvgIpc) is 2.53. The normalized spacial score (nSPS) is 9.95. The molecule has 3 heteroatoms. The van der Waals surface area contributed by atoms with Crippen molar-refractivity contribution in [1.29, 1.82) is 0 Å². The third-order valence-corrected chi connectivity index (χ3v) is 3.04. The molecule has 0 unspecified atom stereocenters. The Labute approximate surface area is 124 Å². The lowest BCUT2D eigenvalue weighted by Gasteiger charge is -2.09. The van der Waals surface area contributed by atoms with E-state index in [0.29, 0.717) is 18.6 Å². The molecule has 0 saturated heterocycles. The first-order valence-electron chi connectivity index (χ1n) is 6.71. The average molecular weight is 282 g/mol. The van der Waals surface area contributed by atoms with Crippen LogP contribution in [-0.2, 0) is 22.6 Å². The summed E-state index contributed by atoms with van der Waals surface area (Å²) in [6, 6.07) is 17.6. The summed E-state index contributed by atoms with van der Waals surface area (Å²) >= 11 is 0. The van der Waals surface area contributed by atoms with Gasteiger partial charge in [-0.1, -0.05) is 49.0 Å². The second-order valence-corrected chi connectivity index (χ2v) is 4.69. The molecular weight excluding hydrogens is 264 g/mol. The Morgan fingerprint density at radius 1 is 1.05 bits per heavy atom. The van der Waals surface area contributed by atoms with E-state index in [1.54, 1.807) is 0 Å². The van der Waals surface area contributed by atoms with Crippen LogP contribution in [0.1, 0.15) is 11.1 Å². The Bertz CT molecular complexity index is 617. The standard InChI is InChI=1S/C18H18O3/c1-14(18(19)20-2)11-16-9-6-10-17(12-16)21-13-15-7-4-3-5-8-15/h3-10,12H,1,11,13H2,2H3. The van der Waals surface area contributed by atoms with E-state index in [4.69, 9.17) is 4.74 Å². The third-order valence-electron chi connectivity index (χ3n) is 3.04. The van der Waals surface area contributed by atoms with E-state index >= 15 is 0 Å². The van der Waals surface area contributed by atoms with Gasteiger partial charge in [0.1, 0.15) is 12.4 Å². The maximum Gasteiger partial charge on any atom is 0.333 e. The molecule has 108 valence electrons. The zero-order chi connectivity index (χ0) is 15.1. The first-order valence-corrected chi connectivity index (χ1v) is 6.71. The van der Waals surface area contributed by atoms with Crippen LogP contribution in [0.3, 0.4) is 0 Å². The van der Waals surface area contributed by atoms with Crippen molar-refractivity contribution in [2.75, 3.05) is 7.11 Å². The predicted octanol–water partition coefficient (Wildman–Crippen LogP) is 3.54. The molecule has 0 spiro atoms. The summed E-state index contributed by atoms with van der Waals surface area (Å²) < 4.78 is 10.4. The van der Waals surface area contributed by atoms with Crippen LogP contribution in [-0.4, -0.2) is 13.1 Å². The highest BCUT2D eigenvalue weighted by atomic mass is 16.5. The van der Waals surface area contributed by atoms with E-state index in [1.807, 2.05) is 54.6 Å². The number of rotatable bonds is 6. The molecule has 0 fully saturated rings. The summed E-state index contributed by atoms with van der Waals surface area (Å²) in [6.07, 6.45) is 0.454. The molecule has 2 aromatic carbocycles. The molecule has 0 amide bonds. The Hall–Kier alpha value is -2.55. The maximum atomic E-state index is 11.4. The van der Waals surface area contributed by atoms with Gasteiger partial charge in [-0.3, -0.25) is 0 Å². The molecule has 0 radical (unpaired) electrons. The maximum absolute atomic E-state index is 11.4. The Morgan fingerprint density at radius 3 is 2.48 bits per heavy atom. The molecule has 0 aromatic heterocycles. The fourth-order valence-electron chi connectivity index (χ4n) is 1.95. The number of hydrogen-bond donors (Lipinski definition) is 0. The van der Waals surface area contributed by atoms with Gasteiger partial charge in [-0.15, -0.1) is 0 Å². The molecule has 2 aromatic rings. The summed E-state index contributed by atoms with van der Waals surface area (Å²) in [5, 5.41) is 0. The van der Waals surface area contributed by atoms with Crippen LogP contribution in [0.2, 0.25) is 0 Å². The third kappa shape index (κ3) is 4.49. The molecule has 0 aliphatic carbocycles. The molecule has 0 bridgehead atoms. The molecule has 2 rings (SSSR count). The van der Waals surface area contributed by atoms with Gasteiger partial charge in [-0.2, -0.15) is 0 Å². The van der Waals surface area contributed by atoms with Gasteiger partial charge in [-0.25, -0.2) is 4.79 Å². The fraction of sp³-hybridized carbons (Fsp3) is 0.167. The smallest absolute Gasteiger partial charge is 0.333 e. The van der Waals surface area contributed by atoms with E-state index in [1.165, 1.54) is 7.11 Å². The second kappa shape index (κ2) is 7.29. The van der Waals surface area contributed by atoms with Crippen molar-refractivity contribution in [2.24, 2.45) is 0 Å². The highest BCUT2D eigenvalue weighted by molar-refractivity contribution is 5.88. The zero-order valence-corrected chi connectivity index (χ0v) is 12.0. The molecule has 0 heterocycles. The molecule has 0 saturated carbocycles. The van der Waals surface area contributed by atoms with Gasteiger partial charge in [0.15, 0.2) is 0 Å². The fourth-order valence-corrected chi connectivity index (χ4v) is 1.95. The topological polar surface area (TPSA) is 35.5 Å². The minimum atomic E-state index is -0.384. The lowest BCUT2D eigenvalue weighted by molar-refractivity contribution is -0.136. The Kier molecular flexibility index (Phi) is 5.16. The van der Waals surface area contributed by atoms with Crippen molar-refractivity contribution in [2.45, 2.75) is 13.0 Å². The van der Waals surface area contributed by atoms with Crippen LogP contribution in [0.5, 0.6) is 5.75 Å². The van der Waals surface area contributed by atoms with Crippen molar-refractivity contribution in [3.05, 3.63) is 77.9 Å². The number of methoxy groups -OCH3 is 1. The molecule has 21 heavy (non-hydrogen) atoms. The zero-order valence-electron chi connectivity index (χ0n) is 12.0. The monoisotopic (exact) mass is 282 g/mol. The molecule has 0 aliphatic heterocycles. The quantitative estimate of drug-likeness (QED) is 0.600. The number of esters is 1. The number of carbonyl (C=O) groups excluding carboxylic acids is 1. The van der Waals surface area contributed by atoms with Crippen molar-refractivity contribution in [3.8, 4) is 5.75 Å². The number of hydrogen-bond acceptors (Lipinski definition) is 3.